The van der Waals surface area contributed by atoms with Gasteiger partial charge in [-0.1, -0.05) is 31.4 Å². The standard InChI is InChI=1S/C25H31N3O3/c29-24-23(25(30)31)26-21-6-1-2-7-22(21)28(24)20-13-17-8-9-18(14-20)27(17)19-11-15-4-3-5-16(10-15)12-19/h1-2,6-7,15-20H,3-5,8-14H2,(H,30,31)/t15-,16+,17-,18+,19+,20+. The number of carbonyl (C=O) groups is 1. The maximum atomic E-state index is 13.2. The second-order valence-corrected chi connectivity index (χ2v) is 10.4. The average molecular weight is 422 g/mol. The van der Waals surface area contributed by atoms with Crippen molar-refractivity contribution in [3.63, 3.8) is 0 Å². The number of aromatic nitrogens is 2. The van der Waals surface area contributed by atoms with E-state index in [0.717, 1.165) is 30.2 Å². The number of nitrogens with zero attached hydrogens (tertiary/aromatic N) is 3. The number of para-hydroxylation sites is 2. The van der Waals surface area contributed by atoms with Crippen LogP contribution in [0.3, 0.4) is 0 Å². The Labute approximate surface area is 182 Å². The smallest absolute Gasteiger partial charge is 0.360 e. The first-order valence-electron chi connectivity index (χ1n) is 12.1. The van der Waals surface area contributed by atoms with Crippen molar-refractivity contribution in [2.75, 3.05) is 0 Å². The quantitative estimate of drug-likeness (QED) is 0.803. The van der Waals surface area contributed by atoms with E-state index in [-0.39, 0.29) is 11.7 Å². The molecule has 0 radical (unpaired) electrons. The van der Waals surface area contributed by atoms with Gasteiger partial charge in [-0.15, -0.1) is 0 Å². The van der Waals surface area contributed by atoms with E-state index >= 15 is 0 Å². The molecule has 6 heteroatoms. The molecule has 4 fully saturated rings. The van der Waals surface area contributed by atoms with Gasteiger partial charge in [0.2, 0.25) is 5.69 Å². The fraction of sp³-hybridized carbons (Fsp3) is 0.640. The summed E-state index contributed by atoms with van der Waals surface area (Å²) >= 11 is 0. The van der Waals surface area contributed by atoms with E-state index in [2.05, 4.69) is 9.88 Å². The highest BCUT2D eigenvalue weighted by atomic mass is 16.4. The number of hydrogen-bond acceptors (Lipinski definition) is 4. The monoisotopic (exact) mass is 421 g/mol. The van der Waals surface area contributed by atoms with E-state index < -0.39 is 11.5 Å². The van der Waals surface area contributed by atoms with Crippen LogP contribution in [0.15, 0.2) is 29.1 Å². The lowest BCUT2D eigenvalue weighted by Gasteiger charge is -2.49. The van der Waals surface area contributed by atoms with Gasteiger partial charge < -0.3 is 9.67 Å². The number of hydrogen-bond donors (Lipinski definition) is 1. The van der Waals surface area contributed by atoms with Gasteiger partial charge in [0.15, 0.2) is 0 Å². The topological polar surface area (TPSA) is 75.4 Å². The normalized spacial score (nSPS) is 35.4. The maximum absolute atomic E-state index is 13.2. The van der Waals surface area contributed by atoms with Crippen LogP contribution in [-0.2, 0) is 0 Å². The number of fused-ring (bicyclic) bond motifs is 5. The fourth-order valence-electron chi connectivity index (χ4n) is 7.59. The van der Waals surface area contributed by atoms with Gasteiger partial charge in [0, 0.05) is 24.2 Å². The third-order valence-electron chi connectivity index (χ3n) is 8.65. The van der Waals surface area contributed by atoms with Gasteiger partial charge in [0.05, 0.1) is 11.0 Å². The van der Waals surface area contributed by atoms with Crippen molar-refractivity contribution in [2.24, 2.45) is 11.8 Å². The van der Waals surface area contributed by atoms with Crippen molar-refractivity contribution in [3.05, 3.63) is 40.3 Å². The summed E-state index contributed by atoms with van der Waals surface area (Å²) < 4.78 is 1.77. The van der Waals surface area contributed by atoms with Crippen molar-refractivity contribution >= 4 is 17.0 Å². The Kier molecular flexibility index (Phi) is 4.67. The molecule has 6 rings (SSSR count). The Balaban J connectivity index is 1.33. The van der Waals surface area contributed by atoms with E-state index in [9.17, 15) is 14.7 Å². The predicted molar refractivity (Wildman–Crippen MR) is 118 cm³/mol. The zero-order chi connectivity index (χ0) is 21.1. The fourth-order valence-corrected chi connectivity index (χ4v) is 7.59. The zero-order valence-corrected chi connectivity index (χ0v) is 17.9. The molecule has 6 nitrogen and oxygen atoms in total. The first-order chi connectivity index (χ1) is 15.1. The largest absolute Gasteiger partial charge is 0.476 e. The van der Waals surface area contributed by atoms with Crippen LogP contribution < -0.4 is 5.56 Å². The SMILES string of the molecule is O=C(O)c1nc2ccccc2n([C@H]2C[C@H]3CC[C@@H](C2)N3[C@H]2C[C@@H]3CCC[C@@H](C3)C2)c1=O. The molecule has 2 aliphatic carbocycles. The van der Waals surface area contributed by atoms with Crippen molar-refractivity contribution < 1.29 is 9.90 Å². The number of benzene rings is 1. The van der Waals surface area contributed by atoms with Gasteiger partial charge in [-0.2, -0.15) is 0 Å². The lowest BCUT2D eigenvalue weighted by atomic mass is 9.69. The lowest BCUT2D eigenvalue weighted by Crippen LogP contribution is -2.52. The van der Waals surface area contributed by atoms with Crippen molar-refractivity contribution in [2.45, 2.75) is 88.4 Å². The highest BCUT2D eigenvalue weighted by Gasteiger charge is 2.47. The number of aromatic carboxylic acids is 1. The first-order valence-corrected chi connectivity index (χ1v) is 12.1. The van der Waals surface area contributed by atoms with E-state index in [1.165, 1.54) is 51.4 Å². The number of carboxylic acids is 1. The lowest BCUT2D eigenvalue weighted by molar-refractivity contribution is 0.00786. The summed E-state index contributed by atoms with van der Waals surface area (Å²) in [7, 11) is 0. The maximum Gasteiger partial charge on any atom is 0.360 e. The molecular formula is C25H31N3O3. The molecular weight excluding hydrogens is 390 g/mol. The van der Waals surface area contributed by atoms with E-state index in [1.807, 2.05) is 24.3 Å². The molecule has 6 atom stereocenters. The number of carboxylic acid groups (broad SMARTS) is 1. The van der Waals surface area contributed by atoms with Gasteiger partial charge >= 0.3 is 5.97 Å². The minimum atomic E-state index is -1.24. The summed E-state index contributed by atoms with van der Waals surface area (Å²) in [6.45, 7) is 0. The second-order valence-electron chi connectivity index (χ2n) is 10.4. The summed E-state index contributed by atoms with van der Waals surface area (Å²) in [4.78, 5) is 31.9. The Morgan fingerprint density at radius 2 is 1.55 bits per heavy atom. The van der Waals surface area contributed by atoms with Gasteiger partial charge in [-0.3, -0.25) is 9.69 Å². The van der Waals surface area contributed by atoms with E-state index in [0.29, 0.717) is 23.6 Å². The van der Waals surface area contributed by atoms with E-state index in [4.69, 9.17) is 0 Å². The van der Waals surface area contributed by atoms with Crippen LogP contribution in [0.2, 0.25) is 0 Å². The van der Waals surface area contributed by atoms with Crippen LogP contribution in [0.4, 0.5) is 0 Å². The minimum Gasteiger partial charge on any atom is -0.476 e. The van der Waals surface area contributed by atoms with Crippen LogP contribution in [-0.4, -0.2) is 43.7 Å². The molecule has 1 aromatic carbocycles. The molecule has 2 saturated carbocycles. The van der Waals surface area contributed by atoms with Crippen LogP contribution in [0.25, 0.3) is 11.0 Å². The summed E-state index contributed by atoms with van der Waals surface area (Å²) in [5.41, 5.74) is 0.557. The van der Waals surface area contributed by atoms with Gasteiger partial charge in [-0.25, -0.2) is 9.78 Å². The van der Waals surface area contributed by atoms with Gasteiger partial charge in [0.1, 0.15) is 0 Å². The summed E-state index contributed by atoms with van der Waals surface area (Å²) in [6, 6.07) is 9.26. The highest BCUT2D eigenvalue weighted by molar-refractivity contribution is 5.88. The third kappa shape index (κ3) is 3.22. The summed E-state index contributed by atoms with van der Waals surface area (Å²) in [6.07, 6.45) is 12.7. The highest BCUT2D eigenvalue weighted by Crippen LogP contribution is 2.48. The molecule has 2 saturated heterocycles. The number of piperidine rings is 1. The van der Waals surface area contributed by atoms with Crippen LogP contribution in [0, 0.1) is 11.8 Å². The van der Waals surface area contributed by atoms with Crippen LogP contribution >= 0.6 is 0 Å². The van der Waals surface area contributed by atoms with E-state index in [1.54, 1.807) is 4.57 Å². The van der Waals surface area contributed by atoms with Crippen molar-refractivity contribution in [3.8, 4) is 0 Å². The number of rotatable bonds is 3. The Morgan fingerprint density at radius 1 is 0.871 bits per heavy atom. The summed E-state index contributed by atoms with van der Waals surface area (Å²) in [5, 5.41) is 9.57. The second kappa shape index (κ2) is 7.44. The van der Waals surface area contributed by atoms with Gasteiger partial charge in [-0.05, 0) is 68.9 Å². The van der Waals surface area contributed by atoms with Crippen molar-refractivity contribution in [1.82, 2.24) is 14.5 Å². The van der Waals surface area contributed by atoms with Gasteiger partial charge in [0.25, 0.3) is 5.56 Å². The Bertz CT molecular complexity index is 1050. The molecule has 0 amide bonds. The van der Waals surface area contributed by atoms with Crippen LogP contribution in [0.5, 0.6) is 0 Å². The molecule has 31 heavy (non-hydrogen) atoms. The molecule has 0 unspecified atom stereocenters. The Hall–Kier alpha value is -2.21. The minimum absolute atomic E-state index is 0.0512. The molecule has 164 valence electrons. The third-order valence-corrected chi connectivity index (χ3v) is 8.65. The molecule has 4 aliphatic rings. The molecule has 2 aliphatic heterocycles. The molecule has 4 bridgehead atoms. The molecule has 1 aromatic heterocycles. The summed E-state index contributed by atoms with van der Waals surface area (Å²) in [5.74, 6) is 0.595. The molecule has 1 N–H and O–H groups in total. The molecule has 3 heterocycles. The predicted octanol–water partition coefficient (Wildman–Crippen LogP) is 4.23. The average Bonchev–Trinajstić information content (AvgIpc) is 3.02. The first kappa shape index (κ1) is 19.5. The van der Waals surface area contributed by atoms with Crippen LogP contribution in [0.1, 0.15) is 80.7 Å². The van der Waals surface area contributed by atoms with Crippen molar-refractivity contribution in [1.29, 1.82) is 0 Å². The zero-order valence-electron chi connectivity index (χ0n) is 17.9. The molecule has 2 aromatic rings. The Morgan fingerprint density at radius 3 is 2.23 bits per heavy atom. The molecule has 0 spiro atoms.